The van der Waals surface area contributed by atoms with Gasteiger partial charge in [-0.1, -0.05) is 19.1 Å². The minimum atomic E-state index is -0.795. The number of likely N-dealkylation sites (tertiary alicyclic amines) is 2. The third-order valence-corrected chi connectivity index (χ3v) is 6.71. The lowest BCUT2D eigenvalue weighted by Gasteiger charge is -2.39. The van der Waals surface area contributed by atoms with Gasteiger partial charge < -0.3 is 15.1 Å². The first-order valence-corrected chi connectivity index (χ1v) is 10.8. The summed E-state index contributed by atoms with van der Waals surface area (Å²) >= 11 is 0. The predicted molar refractivity (Wildman–Crippen MR) is 109 cm³/mol. The molecule has 1 aromatic rings. The van der Waals surface area contributed by atoms with E-state index in [1.807, 2.05) is 0 Å². The SMILES string of the molecule is CCN1CCC2(CC1)NC(=O)N([C@H]1CCCN(C(=O)Cc3cccc(F)c3)C1)C2=O. The average molecular weight is 416 g/mol. The van der Waals surface area contributed by atoms with E-state index in [-0.39, 0.29) is 36.1 Å². The molecule has 7 nitrogen and oxygen atoms in total. The van der Waals surface area contributed by atoms with Crippen LogP contribution in [-0.2, 0) is 16.0 Å². The van der Waals surface area contributed by atoms with E-state index < -0.39 is 5.54 Å². The monoisotopic (exact) mass is 416 g/mol. The van der Waals surface area contributed by atoms with E-state index in [1.165, 1.54) is 17.0 Å². The molecule has 4 amide bonds. The number of hydrogen-bond donors (Lipinski definition) is 1. The van der Waals surface area contributed by atoms with Gasteiger partial charge in [-0.25, -0.2) is 9.18 Å². The Kier molecular flexibility index (Phi) is 5.77. The molecule has 162 valence electrons. The molecule has 1 aromatic carbocycles. The van der Waals surface area contributed by atoms with Crippen molar-refractivity contribution in [2.75, 3.05) is 32.7 Å². The Balaban J connectivity index is 1.42. The molecule has 1 spiro atoms. The van der Waals surface area contributed by atoms with Crippen LogP contribution in [-0.4, -0.2) is 76.8 Å². The molecule has 3 saturated heterocycles. The van der Waals surface area contributed by atoms with Gasteiger partial charge in [-0.3, -0.25) is 14.5 Å². The first-order chi connectivity index (χ1) is 14.4. The van der Waals surface area contributed by atoms with Gasteiger partial charge in [0.25, 0.3) is 5.91 Å². The van der Waals surface area contributed by atoms with Crippen LogP contribution in [0.1, 0.15) is 38.2 Å². The van der Waals surface area contributed by atoms with Crippen LogP contribution in [0.4, 0.5) is 9.18 Å². The molecule has 1 N–H and O–H groups in total. The Bertz CT molecular complexity index is 837. The van der Waals surface area contributed by atoms with Crippen molar-refractivity contribution in [3.05, 3.63) is 35.6 Å². The highest BCUT2D eigenvalue weighted by Gasteiger charge is 2.54. The Morgan fingerprint density at radius 2 is 2.00 bits per heavy atom. The highest BCUT2D eigenvalue weighted by molar-refractivity contribution is 6.07. The summed E-state index contributed by atoms with van der Waals surface area (Å²) in [7, 11) is 0. The van der Waals surface area contributed by atoms with Gasteiger partial charge in [-0.05, 0) is 49.9 Å². The van der Waals surface area contributed by atoms with Crippen LogP contribution in [0, 0.1) is 5.82 Å². The number of imide groups is 1. The first-order valence-electron chi connectivity index (χ1n) is 10.8. The van der Waals surface area contributed by atoms with E-state index in [9.17, 15) is 18.8 Å². The van der Waals surface area contributed by atoms with Gasteiger partial charge in [0.1, 0.15) is 11.4 Å². The molecule has 30 heavy (non-hydrogen) atoms. The van der Waals surface area contributed by atoms with E-state index >= 15 is 0 Å². The van der Waals surface area contributed by atoms with Gasteiger partial charge in [0, 0.05) is 26.2 Å². The highest BCUT2D eigenvalue weighted by Crippen LogP contribution is 2.32. The van der Waals surface area contributed by atoms with Crippen molar-refractivity contribution < 1.29 is 18.8 Å². The molecule has 1 atom stereocenters. The number of amides is 4. The largest absolute Gasteiger partial charge is 0.340 e. The standard InChI is InChI=1S/C22H29FN4O3/c1-2-25-11-8-22(9-12-25)20(29)27(21(30)24-22)18-7-4-10-26(15-18)19(28)14-16-5-3-6-17(23)13-16/h3,5-6,13,18H,2,4,7-12,14-15H2,1H3,(H,24,30)/t18-/m0/s1. The molecule has 8 heteroatoms. The Morgan fingerprint density at radius 1 is 1.23 bits per heavy atom. The third-order valence-electron chi connectivity index (χ3n) is 6.71. The zero-order chi connectivity index (χ0) is 21.3. The second-order valence-corrected chi connectivity index (χ2v) is 8.56. The molecule has 0 saturated carbocycles. The number of hydrogen-bond acceptors (Lipinski definition) is 4. The number of nitrogens with zero attached hydrogens (tertiary/aromatic N) is 3. The molecule has 3 fully saturated rings. The molecular weight excluding hydrogens is 387 g/mol. The summed E-state index contributed by atoms with van der Waals surface area (Å²) in [5.41, 5.74) is -0.171. The quantitative estimate of drug-likeness (QED) is 0.760. The molecule has 3 aliphatic heterocycles. The molecule has 0 radical (unpaired) electrons. The smallest absolute Gasteiger partial charge is 0.325 e. The normalized spacial score (nSPS) is 24.4. The number of benzene rings is 1. The molecule has 0 aromatic heterocycles. The summed E-state index contributed by atoms with van der Waals surface area (Å²) < 4.78 is 13.4. The van der Waals surface area contributed by atoms with Crippen molar-refractivity contribution in [2.24, 2.45) is 0 Å². The van der Waals surface area contributed by atoms with Gasteiger partial charge in [-0.2, -0.15) is 0 Å². The fraction of sp³-hybridized carbons (Fsp3) is 0.591. The lowest BCUT2D eigenvalue weighted by molar-refractivity contribution is -0.138. The van der Waals surface area contributed by atoms with Crippen LogP contribution < -0.4 is 5.32 Å². The summed E-state index contributed by atoms with van der Waals surface area (Å²) in [5, 5.41) is 2.97. The molecule has 3 heterocycles. The molecular formula is C22H29FN4O3. The highest BCUT2D eigenvalue weighted by atomic mass is 19.1. The van der Waals surface area contributed by atoms with Gasteiger partial charge in [0.05, 0.1) is 12.5 Å². The average Bonchev–Trinajstić information content (AvgIpc) is 2.98. The summed E-state index contributed by atoms with van der Waals surface area (Å²) in [6.45, 7) is 5.54. The van der Waals surface area contributed by atoms with Gasteiger partial charge in [-0.15, -0.1) is 0 Å². The zero-order valence-corrected chi connectivity index (χ0v) is 17.4. The Labute approximate surface area is 176 Å². The minimum absolute atomic E-state index is 0.108. The first kappa shape index (κ1) is 20.8. The van der Waals surface area contributed by atoms with Crippen LogP contribution >= 0.6 is 0 Å². The fourth-order valence-electron chi connectivity index (χ4n) is 4.89. The number of halogens is 1. The molecule has 0 unspecified atom stereocenters. The summed E-state index contributed by atoms with van der Waals surface area (Å²) in [6, 6.07) is 5.38. The zero-order valence-electron chi connectivity index (χ0n) is 17.4. The molecule has 3 aliphatic rings. The number of rotatable bonds is 4. The summed E-state index contributed by atoms with van der Waals surface area (Å²) in [4.78, 5) is 44.1. The maximum atomic E-state index is 13.4. The number of carbonyl (C=O) groups is 3. The van der Waals surface area contributed by atoms with Crippen molar-refractivity contribution in [1.82, 2.24) is 20.0 Å². The van der Waals surface area contributed by atoms with Crippen molar-refractivity contribution >= 4 is 17.8 Å². The van der Waals surface area contributed by atoms with Crippen LogP contribution in [0.25, 0.3) is 0 Å². The summed E-state index contributed by atoms with van der Waals surface area (Å²) in [6.07, 6.45) is 2.78. The Morgan fingerprint density at radius 3 is 2.70 bits per heavy atom. The second kappa shape index (κ2) is 8.34. The van der Waals surface area contributed by atoms with Crippen LogP contribution in [0.15, 0.2) is 24.3 Å². The van der Waals surface area contributed by atoms with E-state index in [0.29, 0.717) is 37.9 Å². The van der Waals surface area contributed by atoms with Crippen molar-refractivity contribution in [1.29, 1.82) is 0 Å². The van der Waals surface area contributed by atoms with Crippen LogP contribution in [0.2, 0.25) is 0 Å². The lowest BCUT2D eigenvalue weighted by atomic mass is 9.87. The third kappa shape index (κ3) is 3.93. The number of piperidine rings is 2. The fourth-order valence-corrected chi connectivity index (χ4v) is 4.89. The topological polar surface area (TPSA) is 73.0 Å². The van der Waals surface area contributed by atoms with Crippen molar-refractivity contribution in [3.8, 4) is 0 Å². The lowest BCUT2D eigenvalue weighted by Crippen LogP contribution is -2.56. The van der Waals surface area contributed by atoms with Crippen molar-refractivity contribution in [2.45, 2.75) is 50.6 Å². The van der Waals surface area contributed by atoms with Crippen molar-refractivity contribution in [3.63, 3.8) is 0 Å². The van der Waals surface area contributed by atoms with Gasteiger partial charge in [0.2, 0.25) is 5.91 Å². The number of carbonyl (C=O) groups excluding carboxylic acids is 3. The number of nitrogens with one attached hydrogen (secondary N) is 1. The van der Waals surface area contributed by atoms with E-state index in [0.717, 1.165) is 26.1 Å². The van der Waals surface area contributed by atoms with E-state index in [4.69, 9.17) is 0 Å². The van der Waals surface area contributed by atoms with Gasteiger partial charge in [0.15, 0.2) is 0 Å². The minimum Gasteiger partial charge on any atom is -0.340 e. The summed E-state index contributed by atoms with van der Waals surface area (Å²) in [5.74, 6) is -0.619. The predicted octanol–water partition coefficient (Wildman–Crippen LogP) is 1.77. The van der Waals surface area contributed by atoms with Gasteiger partial charge >= 0.3 is 6.03 Å². The number of urea groups is 1. The molecule has 0 aliphatic carbocycles. The van der Waals surface area contributed by atoms with Crippen LogP contribution in [0.5, 0.6) is 0 Å². The molecule has 0 bridgehead atoms. The molecule has 4 rings (SSSR count). The van der Waals surface area contributed by atoms with E-state index in [2.05, 4.69) is 17.1 Å². The van der Waals surface area contributed by atoms with Crippen LogP contribution in [0.3, 0.4) is 0 Å². The maximum absolute atomic E-state index is 13.4. The second-order valence-electron chi connectivity index (χ2n) is 8.56. The maximum Gasteiger partial charge on any atom is 0.325 e. The van der Waals surface area contributed by atoms with E-state index in [1.54, 1.807) is 17.0 Å². The Hall–Kier alpha value is -2.48.